The van der Waals surface area contributed by atoms with Gasteiger partial charge in [-0.3, -0.25) is 4.79 Å². The van der Waals surface area contributed by atoms with Crippen molar-refractivity contribution in [2.75, 3.05) is 19.6 Å². The standard InChI is InChI=1S/C9H18N2O/c1-3-10-7-9-5-4-6-11(9)8(2)12/h9-10H,3-7H2,1-2H3. The molecular weight excluding hydrogens is 152 g/mol. The first-order valence-corrected chi connectivity index (χ1v) is 4.73. The molecule has 3 nitrogen and oxygen atoms in total. The zero-order valence-electron chi connectivity index (χ0n) is 7.97. The van der Waals surface area contributed by atoms with Crippen LogP contribution >= 0.6 is 0 Å². The Morgan fingerprint density at radius 1 is 1.67 bits per heavy atom. The van der Waals surface area contributed by atoms with Gasteiger partial charge >= 0.3 is 0 Å². The van der Waals surface area contributed by atoms with Gasteiger partial charge in [0.2, 0.25) is 5.91 Å². The Morgan fingerprint density at radius 2 is 2.42 bits per heavy atom. The van der Waals surface area contributed by atoms with Crippen LogP contribution in [0.5, 0.6) is 0 Å². The zero-order chi connectivity index (χ0) is 8.97. The molecule has 1 saturated heterocycles. The van der Waals surface area contributed by atoms with Crippen LogP contribution in [0.4, 0.5) is 0 Å². The number of carbonyl (C=O) groups excluding carboxylic acids is 1. The lowest BCUT2D eigenvalue weighted by molar-refractivity contribution is -0.129. The molecule has 0 saturated carbocycles. The third kappa shape index (κ3) is 2.21. The van der Waals surface area contributed by atoms with Crippen molar-refractivity contribution in [3.63, 3.8) is 0 Å². The third-order valence-electron chi connectivity index (χ3n) is 2.41. The fraction of sp³-hybridized carbons (Fsp3) is 0.889. The van der Waals surface area contributed by atoms with Gasteiger partial charge in [0.05, 0.1) is 0 Å². The Hall–Kier alpha value is -0.570. The summed E-state index contributed by atoms with van der Waals surface area (Å²) in [4.78, 5) is 13.1. The van der Waals surface area contributed by atoms with Gasteiger partial charge in [-0.05, 0) is 19.4 Å². The number of nitrogens with one attached hydrogen (secondary N) is 1. The maximum atomic E-state index is 11.1. The van der Waals surface area contributed by atoms with Gasteiger partial charge in [0.25, 0.3) is 0 Å². The molecule has 1 fully saturated rings. The summed E-state index contributed by atoms with van der Waals surface area (Å²) in [6.45, 7) is 6.64. The van der Waals surface area contributed by atoms with Crippen LogP contribution in [0.15, 0.2) is 0 Å². The minimum atomic E-state index is 0.218. The highest BCUT2D eigenvalue weighted by Crippen LogP contribution is 2.16. The van der Waals surface area contributed by atoms with Crippen molar-refractivity contribution in [1.82, 2.24) is 10.2 Å². The van der Waals surface area contributed by atoms with E-state index in [-0.39, 0.29) is 5.91 Å². The summed E-state index contributed by atoms with van der Waals surface area (Å²) in [5.74, 6) is 0.218. The SMILES string of the molecule is CCNCC1CCCN1C(C)=O. The number of hydrogen-bond acceptors (Lipinski definition) is 2. The second kappa shape index (κ2) is 4.45. The highest BCUT2D eigenvalue weighted by molar-refractivity contribution is 5.73. The Bertz CT molecular complexity index is 159. The highest BCUT2D eigenvalue weighted by atomic mass is 16.2. The van der Waals surface area contributed by atoms with Gasteiger partial charge < -0.3 is 10.2 Å². The average molecular weight is 170 g/mol. The maximum absolute atomic E-state index is 11.1. The van der Waals surface area contributed by atoms with Gasteiger partial charge in [0, 0.05) is 26.1 Å². The van der Waals surface area contributed by atoms with E-state index in [1.54, 1.807) is 6.92 Å². The number of amides is 1. The van der Waals surface area contributed by atoms with Crippen LogP contribution in [0, 0.1) is 0 Å². The minimum absolute atomic E-state index is 0.218. The van der Waals surface area contributed by atoms with Crippen molar-refractivity contribution in [3.8, 4) is 0 Å². The zero-order valence-corrected chi connectivity index (χ0v) is 7.97. The van der Waals surface area contributed by atoms with Crippen molar-refractivity contribution in [3.05, 3.63) is 0 Å². The summed E-state index contributed by atoms with van der Waals surface area (Å²) >= 11 is 0. The molecule has 3 heteroatoms. The second-order valence-electron chi connectivity index (χ2n) is 3.32. The monoisotopic (exact) mass is 170 g/mol. The van der Waals surface area contributed by atoms with E-state index in [9.17, 15) is 4.79 Å². The third-order valence-corrected chi connectivity index (χ3v) is 2.41. The summed E-state index contributed by atoms with van der Waals surface area (Å²) in [5.41, 5.74) is 0. The number of nitrogens with zero attached hydrogens (tertiary/aromatic N) is 1. The summed E-state index contributed by atoms with van der Waals surface area (Å²) in [5, 5.41) is 3.28. The quantitative estimate of drug-likeness (QED) is 0.673. The van der Waals surface area contributed by atoms with E-state index in [4.69, 9.17) is 0 Å². The molecule has 70 valence electrons. The van der Waals surface area contributed by atoms with Crippen molar-refractivity contribution in [2.24, 2.45) is 0 Å². The van der Waals surface area contributed by atoms with Gasteiger partial charge in [-0.2, -0.15) is 0 Å². The van der Waals surface area contributed by atoms with Crippen LogP contribution in [0.3, 0.4) is 0 Å². The maximum Gasteiger partial charge on any atom is 0.219 e. The predicted molar refractivity (Wildman–Crippen MR) is 49.0 cm³/mol. The van der Waals surface area contributed by atoms with Gasteiger partial charge in [0.15, 0.2) is 0 Å². The Balaban J connectivity index is 2.35. The number of likely N-dealkylation sites (tertiary alicyclic amines) is 1. The molecule has 1 amide bonds. The topological polar surface area (TPSA) is 32.3 Å². The van der Waals surface area contributed by atoms with Gasteiger partial charge in [-0.25, -0.2) is 0 Å². The lowest BCUT2D eigenvalue weighted by atomic mass is 10.2. The number of hydrogen-bond donors (Lipinski definition) is 1. The molecule has 12 heavy (non-hydrogen) atoms. The number of rotatable bonds is 3. The molecule has 1 aliphatic rings. The smallest absolute Gasteiger partial charge is 0.219 e. The molecule has 0 bridgehead atoms. The fourth-order valence-corrected chi connectivity index (χ4v) is 1.77. The molecule has 0 aromatic carbocycles. The average Bonchev–Trinajstić information content (AvgIpc) is 2.48. The van der Waals surface area contributed by atoms with Crippen molar-refractivity contribution >= 4 is 5.91 Å². The Kier molecular flexibility index (Phi) is 3.53. The van der Waals surface area contributed by atoms with Crippen LogP contribution in [-0.2, 0) is 4.79 Å². The van der Waals surface area contributed by atoms with E-state index in [1.807, 2.05) is 4.90 Å². The largest absolute Gasteiger partial charge is 0.339 e. The first-order chi connectivity index (χ1) is 5.75. The van der Waals surface area contributed by atoms with Crippen LogP contribution in [0.25, 0.3) is 0 Å². The second-order valence-corrected chi connectivity index (χ2v) is 3.32. The first-order valence-electron chi connectivity index (χ1n) is 4.73. The summed E-state index contributed by atoms with van der Waals surface area (Å²) in [6.07, 6.45) is 2.32. The van der Waals surface area contributed by atoms with Crippen molar-refractivity contribution in [2.45, 2.75) is 32.7 Å². The van der Waals surface area contributed by atoms with Crippen LogP contribution in [0.1, 0.15) is 26.7 Å². The minimum Gasteiger partial charge on any atom is -0.339 e. The highest BCUT2D eigenvalue weighted by Gasteiger charge is 2.25. The van der Waals surface area contributed by atoms with Crippen molar-refractivity contribution < 1.29 is 4.79 Å². The first kappa shape index (κ1) is 9.52. The molecule has 0 aromatic heterocycles. The lowest BCUT2D eigenvalue weighted by Crippen LogP contribution is -2.40. The van der Waals surface area contributed by atoms with Crippen LogP contribution < -0.4 is 5.32 Å². The summed E-state index contributed by atoms with van der Waals surface area (Å²) < 4.78 is 0. The number of likely N-dealkylation sites (N-methyl/N-ethyl adjacent to an activating group) is 1. The molecule has 1 N–H and O–H groups in total. The van der Waals surface area contributed by atoms with E-state index in [2.05, 4.69) is 12.2 Å². The Morgan fingerprint density at radius 3 is 3.00 bits per heavy atom. The van der Waals surface area contributed by atoms with Crippen LogP contribution in [0.2, 0.25) is 0 Å². The molecule has 0 aromatic rings. The van der Waals surface area contributed by atoms with Gasteiger partial charge in [-0.15, -0.1) is 0 Å². The van der Waals surface area contributed by atoms with E-state index >= 15 is 0 Å². The fourth-order valence-electron chi connectivity index (χ4n) is 1.77. The molecule has 1 atom stereocenters. The molecule has 0 spiro atoms. The molecular formula is C9H18N2O. The molecule has 1 unspecified atom stereocenters. The lowest BCUT2D eigenvalue weighted by Gasteiger charge is -2.23. The molecule has 0 radical (unpaired) electrons. The number of carbonyl (C=O) groups is 1. The van der Waals surface area contributed by atoms with E-state index in [0.717, 1.165) is 32.5 Å². The predicted octanol–water partition coefficient (Wildman–Crippen LogP) is 0.607. The van der Waals surface area contributed by atoms with Crippen LogP contribution in [-0.4, -0.2) is 36.5 Å². The summed E-state index contributed by atoms with van der Waals surface area (Å²) in [7, 11) is 0. The normalized spacial score (nSPS) is 23.2. The van der Waals surface area contributed by atoms with Crippen molar-refractivity contribution in [1.29, 1.82) is 0 Å². The van der Waals surface area contributed by atoms with E-state index in [1.165, 1.54) is 0 Å². The van der Waals surface area contributed by atoms with Gasteiger partial charge in [0.1, 0.15) is 0 Å². The molecule has 1 aliphatic heterocycles. The van der Waals surface area contributed by atoms with E-state index in [0.29, 0.717) is 6.04 Å². The summed E-state index contributed by atoms with van der Waals surface area (Å²) in [6, 6.07) is 0.447. The van der Waals surface area contributed by atoms with E-state index < -0.39 is 0 Å². The molecule has 0 aliphatic carbocycles. The van der Waals surface area contributed by atoms with Gasteiger partial charge in [-0.1, -0.05) is 6.92 Å². The molecule has 1 rings (SSSR count). The molecule has 1 heterocycles. The Labute approximate surface area is 74.1 Å².